The number of hydrogen-bond donors (Lipinski definition) is 1. The zero-order valence-corrected chi connectivity index (χ0v) is 19.8. The molecule has 0 atom stereocenters. The SMILES string of the molecule is N#Cc1ccccc1COc1ccc(Br)cc1/C=N\NC(=O)c1cc2cc([N+](=O)[O-])ccc2s1. The van der Waals surface area contributed by atoms with E-state index in [1.165, 1.54) is 29.7 Å². The molecule has 1 N–H and O–H groups in total. The Morgan fingerprint density at radius 1 is 1.21 bits per heavy atom. The van der Waals surface area contributed by atoms with Crippen LogP contribution in [-0.4, -0.2) is 17.0 Å². The maximum atomic E-state index is 12.5. The highest BCUT2D eigenvalue weighted by Crippen LogP contribution is 2.29. The molecule has 10 heteroatoms. The first-order chi connectivity index (χ1) is 16.4. The Morgan fingerprint density at radius 2 is 2.03 bits per heavy atom. The van der Waals surface area contributed by atoms with Gasteiger partial charge in [-0.05, 0) is 36.4 Å². The van der Waals surface area contributed by atoms with Gasteiger partial charge >= 0.3 is 0 Å². The van der Waals surface area contributed by atoms with Gasteiger partial charge in [-0.25, -0.2) is 5.43 Å². The number of rotatable bonds is 7. The van der Waals surface area contributed by atoms with Crippen LogP contribution >= 0.6 is 27.3 Å². The van der Waals surface area contributed by atoms with Gasteiger partial charge in [-0.15, -0.1) is 11.3 Å². The second kappa shape index (κ2) is 10.2. The number of nitro groups is 1. The zero-order chi connectivity index (χ0) is 24.1. The number of hydrogen-bond acceptors (Lipinski definition) is 7. The molecule has 4 rings (SSSR count). The van der Waals surface area contributed by atoms with Crippen LogP contribution in [0.2, 0.25) is 0 Å². The van der Waals surface area contributed by atoms with Gasteiger partial charge in [0.05, 0.1) is 27.6 Å². The standard InChI is InChI=1S/C24H15BrN4O4S/c25-19-5-7-21(33-14-16-4-2-1-3-15(16)12-26)18(9-19)13-27-28-24(30)23-11-17-10-20(29(31)32)6-8-22(17)34-23/h1-11,13H,14H2,(H,28,30)/b27-13-. The van der Waals surface area contributed by atoms with Crippen LogP contribution in [0, 0.1) is 21.4 Å². The lowest BCUT2D eigenvalue weighted by molar-refractivity contribution is -0.384. The Labute approximate surface area is 206 Å². The lowest BCUT2D eigenvalue weighted by Crippen LogP contribution is -2.16. The van der Waals surface area contributed by atoms with Crippen molar-refractivity contribution in [3.63, 3.8) is 0 Å². The zero-order valence-electron chi connectivity index (χ0n) is 17.4. The van der Waals surface area contributed by atoms with Gasteiger partial charge in [0, 0.05) is 37.8 Å². The Bertz CT molecular complexity index is 1480. The second-order valence-electron chi connectivity index (χ2n) is 7.03. The lowest BCUT2D eigenvalue weighted by Gasteiger charge is -2.10. The number of halogens is 1. The molecule has 0 saturated carbocycles. The molecule has 8 nitrogen and oxygen atoms in total. The summed E-state index contributed by atoms with van der Waals surface area (Å²) in [6, 6.07) is 20.7. The third-order valence-electron chi connectivity index (χ3n) is 4.80. The molecule has 0 bridgehead atoms. The van der Waals surface area contributed by atoms with E-state index in [0.29, 0.717) is 27.1 Å². The van der Waals surface area contributed by atoms with Gasteiger partial charge < -0.3 is 4.74 Å². The van der Waals surface area contributed by atoms with E-state index in [-0.39, 0.29) is 12.3 Å². The molecule has 168 valence electrons. The quantitative estimate of drug-likeness (QED) is 0.183. The van der Waals surface area contributed by atoms with Crippen molar-refractivity contribution in [1.82, 2.24) is 5.43 Å². The van der Waals surface area contributed by atoms with Gasteiger partial charge in [-0.1, -0.05) is 34.1 Å². The third kappa shape index (κ3) is 5.28. The van der Waals surface area contributed by atoms with Gasteiger partial charge in [-0.3, -0.25) is 14.9 Å². The van der Waals surface area contributed by atoms with E-state index in [9.17, 15) is 20.2 Å². The predicted molar refractivity (Wildman–Crippen MR) is 133 cm³/mol. The molecular formula is C24H15BrN4O4S. The molecule has 3 aromatic carbocycles. The normalized spacial score (nSPS) is 10.8. The topological polar surface area (TPSA) is 118 Å². The van der Waals surface area contributed by atoms with Crippen LogP contribution in [0.3, 0.4) is 0 Å². The second-order valence-corrected chi connectivity index (χ2v) is 9.03. The Balaban J connectivity index is 1.47. The fourth-order valence-corrected chi connectivity index (χ4v) is 4.45. The number of nitro benzene ring substituents is 1. The number of carbonyl (C=O) groups is 1. The molecule has 0 spiro atoms. The number of benzene rings is 3. The van der Waals surface area contributed by atoms with E-state index in [1.54, 1.807) is 36.4 Å². The number of fused-ring (bicyclic) bond motifs is 1. The van der Waals surface area contributed by atoms with E-state index < -0.39 is 10.8 Å². The first-order valence-electron chi connectivity index (χ1n) is 9.86. The maximum Gasteiger partial charge on any atom is 0.281 e. The first kappa shape index (κ1) is 23.1. The Kier molecular flexibility index (Phi) is 6.96. The van der Waals surface area contributed by atoms with Crippen molar-refractivity contribution in [2.24, 2.45) is 5.10 Å². The van der Waals surface area contributed by atoms with E-state index in [2.05, 4.69) is 32.5 Å². The van der Waals surface area contributed by atoms with Crippen LogP contribution in [0.5, 0.6) is 5.75 Å². The highest BCUT2D eigenvalue weighted by molar-refractivity contribution is 9.10. The lowest BCUT2D eigenvalue weighted by atomic mass is 10.1. The number of amides is 1. The molecule has 0 aliphatic rings. The van der Waals surface area contributed by atoms with Gasteiger partial charge in [0.1, 0.15) is 12.4 Å². The van der Waals surface area contributed by atoms with E-state index in [0.717, 1.165) is 14.7 Å². The highest BCUT2D eigenvalue weighted by atomic mass is 79.9. The Morgan fingerprint density at radius 3 is 2.82 bits per heavy atom. The van der Waals surface area contributed by atoms with Crippen molar-refractivity contribution in [3.05, 3.63) is 103 Å². The molecule has 1 heterocycles. The van der Waals surface area contributed by atoms with Crippen molar-refractivity contribution in [2.45, 2.75) is 6.61 Å². The highest BCUT2D eigenvalue weighted by Gasteiger charge is 2.13. The van der Waals surface area contributed by atoms with E-state index in [1.807, 2.05) is 18.2 Å². The van der Waals surface area contributed by atoms with Crippen molar-refractivity contribution in [3.8, 4) is 11.8 Å². The minimum atomic E-state index is -0.474. The van der Waals surface area contributed by atoms with Crippen molar-refractivity contribution < 1.29 is 14.5 Å². The summed E-state index contributed by atoms with van der Waals surface area (Å²) in [6.45, 7) is 0.201. The summed E-state index contributed by atoms with van der Waals surface area (Å²) in [5, 5.41) is 24.9. The molecule has 34 heavy (non-hydrogen) atoms. The fourth-order valence-electron chi connectivity index (χ4n) is 3.13. The summed E-state index contributed by atoms with van der Waals surface area (Å²) in [7, 11) is 0. The Hall–Kier alpha value is -4.07. The number of hydrazone groups is 1. The van der Waals surface area contributed by atoms with Crippen LogP contribution in [0.4, 0.5) is 5.69 Å². The average Bonchev–Trinajstić information content (AvgIpc) is 3.27. The molecule has 0 fully saturated rings. The van der Waals surface area contributed by atoms with E-state index in [4.69, 9.17) is 4.74 Å². The van der Waals surface area contributed by atoms with E-state index >= 15 is 0 Å². The van der Waals surface area contributed by atoms with Crippen molar-refractivity contribution in [1.29, 1.82) is 5.26 Å². The smallest absolute Gasteiger partial charge is 0.281 e. The van der Waals surface area contributed by atoms with Gasteiger partial charge in [-0.2, -0.15) is 10.4 Å². The summed E-state index contributed by atoms with van der Waals surface area (Å²) < 4.78 is 7.47. The summed E-state index contributed by atoms with van der Waals surface area (Å²) >= 11 is 4.63. The average molecular weight is 535 g/mol. The molecule has 0 aliphatic heterocycles. The molecule has 0 aliphatic carbocycles. The number of nitrogens with zero attached hydrogens (tertiary/aromatic N) is 3. The maximum absolute atomic E-state index is 12.5. The largest absolute Gasteiger partial charge is 0.488 e. The van der Waals surface area contributed by atoms with Crippen molar-refractivity contribution in [2.75, 3.05) is 0 Å². The third-order valence-corrected chi connectivity index (χ3v) is 6.41. The summed E-state index contributed by atoms with van der Waals surface area (Å²) in [6.07, 6.45) is 1.46. The molecule has 1 amide bonds. The monoisotopic (exact) mass is 534 g/mol. The molecule has 4 aromatic rings. The summed E-state index contributed by atoms with van der Waals surface area (Å²) in [5.74, 6) is 0.101. The molecule has 0 saturated heterocycles. The molecular weight excluding hydrogens is 520 g/mol. The number of ether oxygens (including phenoxy) is 1. The summed E-state index contributed by atoms with van der Waals surface area (Å²) in [4.78, 5) is 23.4. The predicted octanol–water partition coefficient (Wildman–Crippen LogP) is 5.79. The number of nitriles is 1. The van der Waals surface area contributed by atoms with Crippen molar-refractivity contribution >= 4 is 55.2 Å². The minimum absolute atomic E-state index is 0.0325. The number of thiophene rings is 1. The van der Waals surface area contributed by atoms with Gasteiger partial charge in [0.25, 0.3) is 11.6 Å². The van der Waals surface area contributed by atoms with Crippen LogP contribution in [-0.2, 0) is 6.61 Å². The van der Waals surface area contributed by atoms with Gasteiger partial charge in [0.2, 0.25) is 0 Å². The molecule has 1 aromatic heterocycles. The first-order valence-corrected chi connectivity index (χ1v) is 11.5. The molecule has 0 unspecified atom stereocenters. The molecule has 0 radical (unpaired) electrons. The van der Waals surface area contributed by atoms with Crippen LogP contribution in [0.15, 0.2) is 76.3 Å². The summed E-state index contributed by atoms with van der Waals surface area (Å²) in [5.41, 5.74) is 4.36. The number of nitrogens with one attached hydrogen (secondary N) is 1. The number of carbonyl (C=O) groups excluding carboxylic acids is 1. The number of non-ortho nitro benzene ring substituents is 1. The van der Waals surface area contributed by atoms with Gasteiger partial charge in [0.15, 0.2) is 0 Å². The van der Waals surface area contributed by atoms with Crippen LogP contribution in [0.1, 0.15) is 26.4 Å². The van der Waals surface area contributed by atoms with Crippen LogP contribution in [0.25, 0.3) is 10.1 Å². The fraction of sp³-hybridized carbons (Fsp3) is 0.0417. The van der Waals surface area contributed by atoms with Crippen LogP contribution < -0.4 is 10.2 Å². The minimum Gasteiger partial charge on any atom is -0.488 e.